The number of rotatable bonds is 6. The Balaban J connectivity index is 1.93. The fourth-order valence-corrected chi connectivity index (χ4v) is 2.76. The van der Waals surface area contributed by atoms with Gasteiger partial charge in [-0.25, -0.2) is 0 Å². The van der Waals surface area contributed by atoms with Gasteiger partial charge in [-0.05, 0) is 32.4 Å². The van der Waals surface area contributed by atoms with Crippen molar-refractivity contribution < 1.29 is 4.52 Å². The molecule has 0 aliphatic carbocycles. The number of piperidine rings is 1. The Morgan fingerprint density at radius 1 is 1.33 bits per heavy atom. The van der Waals surface area contributed by atoms with E-state index >= 15 is 0 Å². The Bertz CT molecular complexity index is 418. The van der Waals surface area contributed by atoms with Crippen molar-refractivity contribution in [1.82, 2.24) is 20.4 Å². The first kappa shape index (κ1) is 16.4. The molecule has 1 atom stereocenters. The van der Waals surface area contributed by atoms with Gasteiger partial charge >= 0.3 is 0 Å². The second kappa shape index (κ2) is 7.36. The van der Waals surface area contributed by atoms with E-state index in [9.17, 15) is 0 Å². The average Bonchev–Trinajstić information content (AvgIpc) is 2.89. The van der Waals surface area contributed by atoms with Crippen LogP contribution >= 0.6 is 0 Å². The molecular formula is C16H30N4O. The van der Waals surface area contributed by atoms with Crippen LogP contribution in [0.4, 0.5) is 0 Å². The monoisotopic (exact) mass is 294 g/mol. The number of hydrogen-bond donors (Lipinski definition) is 1. The first-order valence-electron chi connectivity index (χ1n) is 8.28. The molecule has 1 aromatic heterocycles. The van der Waals surface area contributed by atoms with E-state index in [-0.39, 0.29) is 5.41 Å². The van der Waals surface area contributed by atoms with Gasteiger partial charge in [0.15, 0.2) is 5.82 Å². The molecule has 0 radical (unpaired) electrons. The van der Waals surface area contributed by atoms with Gasteiger partial charge in [0, 0.05) is 18.0 Å². The van der Waals surface area contributed by atoms with Gasteiger partial charge < -0.3 is 9.84 Å². The molecule has 1 N–H and O–H groups in total. The van der Waals surface area contributed by atoms with Gasteiger partial charge in [-0.2, -0.15) is 4.98 Å². The maximum Gasteiger partial charge on any atom is 0.240 e. The van der Waals surface area contributed by atoms with Crippen LogP contribution in [0.15, 0.2) is 4.52 Å². The Morgan fingerprint density at radius 3 is 2.71 bits per heavy atom. The van der Waals surface area contributed by atoms with E-state index in [1.807, 2.05) is 0 Å². The molecule has 21 heavy (non-hydrogen) atoms. The molecule has 0 amide bonds. The van der Waals surface area contributed by atoms with Crippen molar-refractivity contribution in [1.29, 1.82) is 0 Å². The van der Waals surface area contributed by atoms with E-state index in [4.69, 9.17) is 4.52 Å². The Hall–Kier alpha value is -0.940. The van der Waals surface area contributed by atoms with Crippen LogP contribution in [0, 0.1) is 0 Å². The molecule has 1 aliphatic rings. The molecule has 5 heteroatoms. The standard InChI is InChI=1S/C16H30N4O/c1-5-10-20(11-13-8-6-7-9-17-13)12-14-18-15(19-21-14)16(2,3)4/h13,17H,5-12H2,1-4H3. The normalized spacial score (nSPS) is 20.1. The molecule has 1 unspecified atom stereocenters. The Kier molecular flexibility index (Phi) is 5.76. The lowest BCUT2D eigenvalue weighted by atomic mass is 9.96. The lowest BCUT2D eigenvalue weighted by Crippen LogP contribution is -2.43. The third-order valence-electron chi connectivity index (χ3n) is 3.93. The predicted octanol–water partition coefficient (Wildman–Crippen LogP) is 2.72. The molecular weight excluding hydrogens is 264 g/mol. The van der Waals surface area contributed by atoms with Crippen molar-refractivity contribution in [2.75, 3.05) is 19.6 Å². The van der Waals surface area contributed by atoms with Gasteiger partial charge in [-0.15, -0.1) is 0 Å². The van der Waals surface area contributed by atoms with Crippen molar-refractivity contribution in [3.8, 4) is 0 Å². The third-order valence-corrected chi connectivity index (χ3v) is 3.93. The zero-order valence-corrected chi connectivity index (χ0v) is 14.0. The minimum atomic E-state index is -0.0533. The van der Waals surface area contributed by atoms with E-state index in [1.54, 1.807) is 0 Å². The van der Waals surface area contributed by atoms with Gasteiger partial charge in [-0.3, -0.25) is 4.90 Å². The minimum absolute atomic E-state index is 0.0533. The lowest BCUT2D eigenvalue weighted by molar-refractivity contribution is 0.193. The SMILES string of the molecule is CCCN(Cc1nc(C(C)(C)C)no1)CC1CCCCN1. The van der Waals surface area contributed by atoms with Crippen molar-refractivity contribution in [2.24, 2.45) is 0 Å². The second-order valence-corrected chi connectivity index (χ2v) is 7.14. The van der Waals surface area contributed by atoms with Crippen LogP contribution in [0.3, 0.4) is 0 Å². The summed E-state index contributed by atoms with van der Waals surface area (Å²) in [6.07, 6.45) is 5.07. The fourth-order valence-electron chi connectivity index (χ4n) is 2.76. The smallest absolute Gasteiger partial charge is 0.240 e. The lowest BCUT2D eigenvalue weighted by Gasteiger charge is -2.29. The van der Waals surface area contributed by atoms with Crippen LogP contribution in [0.2, 0.25) is 0 Å². The molecule has 1 aromatic rings. The topological polar surface area (TPSA) is 54.2 Å². The minimum Gasteiger partial charge on any atom is -0.338 e. The van der Waals surface area contributed by atoms with Gasteiger partial charge in [0.05, 0.1) is 6.54 Å². The van der Waals surface area contributed by atoms with Crippen molar-refractivity contribution in [2.45, 2.75) is 71.4 Å². The molecule has 0 saturated carbocycles. The molecule has 2 rings (SSSR count). The highest BCUT2D eigenvalue weighted by Gasteiger charge is 2.23. The maximum atomic E-state index is 5.43. The predicted molar refractivity (Wildman–Crippen MR) is 84.2 cm³/mol. The summed E-state index contributed by atoms with van der Waals surface area (Å²) in [4.78, 5) is 6.99. The van der Waals surface area contributed by atoms with Crippen LogP contribution in [0.25, 0.3) is 0 Å². The van der Waals surface area contributed by atoms with E-state index in [0.29, 0.717) is 6.04 Å². The number of nitrogens with zero attached hydrogens (tertiary/aromatic N) is 3. The van der Waals surface area contributed by atoms with Gasteiger partial charge in [0.1, 0.15) is 0 Å². The third kappa shape index (κ3) is 5.08. The van der Waals surface area contributed by atoms with Crippen LogP contribution < -0.4 is 5.32 Å². The maximum absolute atomic E-state index is 5.43. The summed E-state index contributed by atoms with van der Waals surface area (Å²) in [5, 5.41) is 7.73. The second-order valence-electron chi connectivity index (χ2n) is 7.14. The highest BCUT2D eigenvalue weighted by atomic mass is 16.5. The van der Waals surface area contributed by atoms with Gasteiger partial charge in [0.25, 0.3) is 0 Å². The van der Waals surface area contributed by atoms with Gasteiger partial charge in [-0.1, -0.05) is 39.3 Å². The highest BCUT2D eigenvalue weighted by Crippen LogP contribution is 2.19. The molecule has 0 bridgehead atoms. The van der Waals surface area contributed by atoms with Gasteiger partial charge in [0.2, 0.25) is 5.89 Å². The van der Waals surface area contributed by atoms with Crippen LogP contribution in [-0.4, -0.2) is 40.7 Å². The average molecular weight is 294 g/mol. The van der Waals surface area contributed by atoms with Crippen LogP contribution in [-0.2, 0) is 12.0 Å². The molecule has 1 saturated heterocycles. The quantitative estimate of drug-likeness (QED) is 0.874. The van der Waals surface area contributed by atoms with E-state index in [2.05, 4.69) is 48.1 Å². The van der Waals surface area contributed by atoms with Crippen LogP contribution in [0.5, 0.6) is 0 Å². The molecule has 0 spiro atoms. The van der Waals surface area contributed by atoms with E-state index in [0.717, 1.165) is 44.3 Å². The van der Waals surface area contributed by atoms with E-state index < -0.39 is 0 Å². The summed E-state index contributed by atoms with van der Waals surface area (Å²) in [7, 11) is 0. The van der Waals surface area contributed by atoms with E-state index in [1.165, 1.54) is 19.3 Å². The molecule has 2 heterocycles. The summed E-state index contributed by atoms with van der Waals surface area (Å²) < 4.78 is 5.43. The zero-order chi connectivity index (χ0) is 15.3. The Labute approximate surface area is 128 Å². The summed E-state index contributed by atoms with van der Waals surface area (Å²) >= 11 is 0. The highest BCUT2D eigenvalue weighted by molar-refractivity contribution is 5.00. The summed E-state index contributed by atoms with van der Waals surface area (Å²) in [6.45, 7) is 12.6. The zero-order valence-electron chi connectivity index (χ0n) is 14.0. The van der Waals surface area contributed by atoms with Crippen molar-refractivity contribution in [3.05, 3.63) is 11.7 Å². The molecule has 1 fully saturated rings. The Morgan fingerprint density at radius 2 is 2.14 bits per heavy atom. The number of aromatic nitrogens is 2. The number of nitrogens with one attached hydrogen (secondary N) is 1. The van der Waals surface area contributed by atoms with Crippen molar-refractivity contribution >= 4 is 0 Å². The largest absolute Gasteiger partial charge is 0.338 e. The first-order valence-corrected chi connectivity index (χ1v) is 8.28. The fraction of sp³-hybridized carbons (Fsp3) is 0.875. The number of hydrogen-bond acceptors (Lipinski definition) is 5. The molecule has 5 nitrogen and oxygen atoms in total. The van der Waals surface area contributed by atoms with Crippen LogP contribution in [0.1, 0.15) is 65.1 Å². The summed E-state index contributed by atoms with van der Waals surface area (Å²) in [5.74, 6) is 1.54. The summed E-state index contributed by atoms with van der Waals surface area (Å²) in [6, 6.07) is 0.607. The molecule has 120 valence electrons. The summed E-state index contributed by atoms with van der Waals surface area (Å²) in [5.41, 5.74) is -0.0533. The van der Waals surface area contributed by atoms with Crippen molar-refractivity contribution in [3.63, 3.8) is 0 Å². The molecule has 0 aromatic carbocycles. The molecule has 1 aliphatic heterocycles. The first-order chi connectivity index (χ1) is 9.99.